The molecule has 0 fully saturated rings. The van der Waals surface area contributed by atoms with Crippen LogP contribution >= 0.6 is 0 Å². The Morgan fingerprint density at radius 3 is 2.44 bits per heavy atom. The highest BCUT2D eigenvalue weighted by Gasteiger charge is 2.10. The number of anilines is 1. The van der Waals surface area contributed by atoms with Gasteiger partial charge in [0.15, 0.2) is 0 Å². The monoisotopic (exact) mass is 223 g/mol. The molecule has 1 aromatic heterocycles. The molecule has 1 unspecified atom stereocenters. The predicted molar refractivity (Wildman–Crippen MR) is 69.8 cm³/mol. The first kappa shape index (κ1) is 13.1. The molecule has 0 saturated carbocycles. The van der Waals surface area contributed by atoms with E-state index >= 15 is 0 Å². The van der Waals surface area contributed by atoms with Crippen LogP contribution in [-0.4, -0.2) is 15.6 Å². The molecule has 16 heavy (non-hydrogen) atoms. The summed E-state index contributed by atoms with van der Waals surface area (Å²) in [5.74, 6) is 1.76. The van der Waals surface area contributed by atoms with Gasteiger partial charge in [-0.2, -0.15) is 0 Å². The summed E-state index contributed by atoms with van der Waals surface area (Å²) in [6, 6.07) is 0.949. The molecule has 1 aromatic rings. The minimum Gasteiger partial charge on any atom is -0.353 e. The third kappa shape index (κ3) is 3.87. The van der Waals surface area contributed by atoms with Crippen LogP contribution in [0.15, 0.2) is 12.4 Å². The summed E-state index contributed by atoms with van der Waals surface area (Å²) >= 11 is 0. The first-order valence-electron chi connectivity index (χ1n) is 6.30. The molecule has 0 amide bonds. The van der Waals surface area contributed by atoms with E-state index in [1.54, 1.807) is 0 Å². The number of imidazole rings is 1. The van der Waals surface area contributed by atoms with Gasteiger partial charge in [0.05, 0.1) is 0 Å². The summed E-state index contributed by atoms with van der Waals surface area (Å²) < 4.78 is 2.24. The lowest BCUT2D eigenvalue weighted by Gasteiger charge is -2.19. The van der Waals surface area contributed by atoms with Gasteiger partial charge in [0.2, 0.25) is 5.95 Å². The zero-order chi connectivity index (χ0) is 12.1. The van der Waals surface area contributed by atoms with Crippen molar-refractivity contribution in [2.45, 2.75) is 59.5 Å². The first-order chi connectivity index (χ1) is 7.50. The van der Waals surface area contributed by atoms with Gasteiger partial charge in [0, 0.05) is 24.5 Å². The first-order valence-corrected chi connectivity index (χ1v) is 6.30. The molecule has 0 radical (unpaired) electrons. The number of nitrogens with one attached hydrogen (secondary N) is 1. The molecule has 3 heteroatoms. The Balaban J connectivity index is 2.60. The zero-order valence-electron chi connectivity index (χ0n) is 11.2. The lowest BCUT2D eigenvalue weighted by Crippen LogP contribution is -2.16. The van der Waals surface area contributed by atoms with E-state index in [1.807, 2.05) is 6.20 Å². The average molecular weight is 223 g/mol. The van der Waals surface area contributed by atoms with Gasteiger partial charge in [-0.1, -0.05) is 13.8 Å². The van der Waals surface area contributed by atoms with E-state index in [1.165, 1.54) is 12.8 Å². The highest BCUT2D eigenvalue weighted by atomic mass is 15.2. The summed E-state index contributed by atoms with van der Waals surface area (Å²) in [6.07, 6.45) is 6.41. The molecule has 0 aliphatic heterocycles. The minimum atomic E-state index is 0.429. The van der Waals surface area contributed by atoms with Crippen LogP contribution in [-0.2, 0) is 0 Å². The van der Waals surface area contributed by atoms with Gasteiger partial charge in [-0.15, -0.1) is 0 Å². The van der Waals surface area contributed by atoms with Gasteiger partial charge in [0.25, 0.3) is 0 Å². The molecule has 0 aromatic carbocycles. The van der Waals surface area contributed by atoms with Crippen molar-refractivity contribution in [1.29, 1.82) is 0 Å². The van der Waals surface area contributed by atoms with E-state index in [2.05, 4.69) is 55.7 Å². The number of hydrogen-bond acceptors (Lipinski definition) is 2. The summed E-state index contributed by atoms with van der Waals surface area (Å²) in [6.45, 7) is 11.1. The largest absolute Gasteiger partial charge is 0.353 e. The van der Waals surface area contributed by atoms with E-state index in [9.17, 15) is 0 Å². The van der Waals surface area contributed by atoms with Crippen LogP contribution in [0.2, 0.25) is 0 Å². The van der Waals surface area contributed by atoms with Crippen LogP contribution in [0.1, 0.15) is 53.5 Å². The third-order valence-corrected chi connectivity index (χ3v) is 2.72. The predicted octanol–water partition coefficient (Wildman–Crippen LogP) is 3.70. The quantitative estimate of drug-likeness (QED) is 0.797. The van der Waals surface area contributed by atoms with Crippen LogP contribution < -0.4 is 5.32 Å². The fraction of sp³-hybridized carbons (Fsp3) is 0.769. The van der Waals surface area contributed by atoms with Crippen molar-refractivity contribution in [3.8, 4) is 0 Å². The van der Waals surface area contributed by atoms with E-state index in [0.29, 0.717) is 12.1 Å². The second kappa shape index (κ2) is 5.92. The standard InChI is InChI=1S/C13H25N3/c1-10(2)6-7-12(5)16-9-8-14-13(16)15-11(3)4/h8-12H,6-7H2,1-5H3,(H,14,15). The highest BCUT2D eigenvalue weighted by molar-refractivity contribution is 5.27. The normalized spacial score (nSPS) is 13.4. The van der Waals surface area contributed by atoms with Crippen LogP contribution in [0.25, 0.3) is 0 Å². The Bertz CT molecular complexity index is 302. The molecule has 3 nitrogen and oxygen atoms in total. The molecule has 1 heterocycles. The van der Waals surface area contributed by atoms with Gasteiger partial charge in [0.1, 0.15) is 0 Å². The van der Waals surface area contributed by atoms with Crippen LogP contribution in [0.3, 0.4) is 0 Å². The molecule has 92 valence electrons. The van der Waals surface area contributed by atoms with Crippen LogP contribution in [0.4, 0.5) is 5.95 Å². The summed E-state index contributed by atoms with van der Waals surface area (Å²) in [5, 5.41) is 3.37. The van der Waals surface area contributed by atoms with Gasteiger partial charge < -0.3 is 9.88 Å². The molecule has 0 bridgehead atoms. The Morgan fingerprint density at radius 2 is 1.88 bits per heavy atom. The van der Waals surface area contributed by atoms with E-state index in [0.717, 1.165) is 11.9 Å². The van der Waals surface area contributed by atoms with Crippen molar-refractivity contribution in [2.24, 2.45) is 5.92 Å². The molecule has 1 N–H and O–H groups in total. The second-order valence-corrected chi connectivity index (χ2v) is 5.28. The Labute approximate surface area is 99.3 Å². The zero-order valence-corrected chi connectivity index (χ0v) is 11.2. The SMILES string of the molecule is CC(C)CCC(C)n1ccnc1NC(C)C. The smallest absolute Gasteiger partial charge is 0.203 e. The highest BCUT2D eigenvalue weighted by Crippen LogP contribution is 2.20. The number of hydrogen-bond donors (Lipinski definition) is 1. The summed E-state index contributed by atoms with van der Waals surface area (Å²) in [7, 11) is 0. The molecule has 0 aliphatic rings. The summed E-state index contributed by atoms with van der Waals surface area (Å²) in [4.78, 5) is 4.36. The Kier molecular flexibility index (Phi) is 4.84. The molecular weight excluding hydrogens is 198 g/mol. The lowest BCUT2D eigenvalue weighted by atomic mass is 10.0. The molecule has 1 atom stereocenters. The molecule has 0 saturated heterocycles. The van der Waals surface area contributed by atoms with Crippen molar-refractivity contribution in [3.05, 3.63) is 12.4 Å². The van der Waals surface area contributed by atoms with Crippen molar-refractivity contribution in [3.63, 3.8) is 0 Å². The third-order valence-electron chi connectivity index (χ3n) is 2.72. The fourth-order valence-corrected chi connectivity index (χ4v) is 1.75. The molecule has 1 rings (SSSR count). The van der Waals surface area contributed by atoms with Crippen LogP contribution in [0.5, 0.6) is 0 Å². The summed E-state index contributed by atoms with van der Waals surface area (Å²) in [5.41, 5.74) is 0. The maximum absolute atomic E-state index is 4.36. The number of rotatable bonds is 6. The molecule has 0 spiro atoms. The van der Waals surface area contributed by atoms with Gasteiger partial charge >= 0.3 is 0 Å². The van der Waals surface area contributed by atoms with Crippen molar-refractivity contribution < 1.29 is 0 Å². The number of aromatic nitrogens is 2. The van der Waals surface area contributed by atoms with E-state index in [4.69, 9.17) is 0 Å². The van der Waals surface area contributed by atoms with Gasteiger partial charge in [-0.25, -0.2) is 4.98 Å². The van der Waals surface area contributed by atoms with Crippen molar-refractivity contribution in [1.82, 2.24) is 9.55 Å². The van der Waals surface area contributed by atoms with Crippen LogP contribution in [0, 0.1) is 5.92 Å². The fourth-order valence-electron chi connectivity index (χ4n) is 1.75. The Hall–Kier alpha value is -0.990. The van der Waals surface area contributed by atoms with E-state index < -0.39 is 0 Å². The topological polar surface area (TPSA) is 29.9 Å². The Morgan fingerprint density at radius 1 is 1.19 bits per heavy atom. The molecular formula is C13H25N3. The van der Waals surface area contributed by atoms with Crippen molar-refractivity contribution in [2.75, 3.05) is 5.32 Å². The lowest BCUT2D eigenvalue weighted by molar-refractivity contribution is 0.441. The maximum Gasteiger partial charge on any atom is 0.203 e. The molecule has 0 aliphatic carbocycles. The maximum atomic E-state index is 4.36. The van der Waals surface area contributed by atoms with Gasteiger partial charge in [-0.3, -0.25) is 0 Å². The second-order valence-electron chi connectivity index (χ2n) is 5.28. The number of nitrogens with zero attached hydrogens (tertiary/aromatic N) is 2. The van der Waals surface area contributed by atoms with Crippen molar-refractivity contribution >= 4 is 5.95 Å². The average Bonchev–Trinajstić information content (AvgIpc) is 2.61. The van der Waals surface area contributed by atoms with E-state index in [-0.39, 0.29) is 0 Å². The minimum absolute atomic E-state index is 0.429. The van der Waals surface area contributed by atoms with Gasteiger partial charge in [-0.05, 0) is 39.5 Å².